The normalized spacial score (nSPS) is 23.3. The number of ether oxygens (including phenoxy) is 4. The molecule has 0 bridgehead atoms. The van der Waals surface area contributed by atoms with Gasteiger partial charge in [0.05, 0.1) is 16.7 Å². The second-order valence-electron chi connectivity index (χ2n) is 7.95. The van der Waals surface area contributed by atoms with Gasteiger partial charge in [0.2, 0.25) is 0 Å². The summed E-state index contributed by atoms with van der Waals surface area (Å²) in [5.41, 5.74) is 0.898. The Kier molecular flexibility index (Phi) is 8.68. The molecule has 5 atom stereocenters. The van der Waals surface area contributed by atoms with Crippen LogP contribution in [0, 0.1) is 0 Å². The Hall–Kier alpha value is -3.28. The summed E-state index contributed by atoms with van der Waals surface area (Å²) >= 11 is 1.88. The van der Waals surface area contributed by atoms with Gasteiger partial charge >= 0.3 is 17.9 Å². The number of aliphatic hydroxyl groups excluding tert-OH is 1. The molecule has 3 aromatic carbocycles. The summed E-state index contributed by atoms with van der Waals surface area (Å²) < 4.78 is 21.8. The standard InChI is InChI=1S/C27H23IO8/c28-21-23(36-26(31)19-14-8-3-9-15-19)22(35-25(30)18-12-6-2-7-13-18)20(34-27(21)32)16-33-24(29)17-10-4-1-5-11-17/h1-15,20-23,27,32H,16H2/t20-,21-,22-,23-,27+/m1/s1. The smallest absolute Gasteiger partial charge is 0.338 e. The first-order valence-electron chi connectivity index (χ1n) is 11.2. The van der Waals surface area contributed by atoms with Crippen LogP contribution in [0.15, 0.2) is 91.0 Å². The van der Waals surface area contributed by atoms with E-state index in [0.717, 1.165) is 0 Å². The molecule has 0 spiro atoms. The lowest BCUT2D eigenvalue weighted by Crippen LogP contribution is -2.59. The molecule has 1 aliphatic rings. The first-order chi connectivity index (χ1) is 17.4. The highest BCUT2D eigenvalue weighted by Gasteiger charge is 2.49. The summed E-state index contributed by atoms with van der Waals surface area (Å²) in [6.07, 6.45) is -4.72. The van der Waals surface area contributed by atoms with Crippen LogP contribution in [0.5, 0.6) is 0 Å². The predicted octanol–water partition coefficient (Wildman–Crippen LogP) is 3.82. The molecule has 36 heavy (non-hydrogen) atoms. The van der Waals surface area contributed by atoms with Crippen molar-refractivity contribution in [3.05, 3.63) is 108 Å². The minimum atomic E-state index is -1.37. The van der Waals surface area contributed by atoms with E-state index in [2.05, 4.69) is 0 Å². The molecule has 3 aromatic rings. The van der Waals surface area contributed by atoms with Crippen LogP contribution in [0.3, 0.4) is 0 Å². The third kappa shape index (κ3) is 6.28. The van der Waals surface area contributed by atoms with Gasteiger partial charge in [-0.2, -0.15) is 0 Å². The van der Waals surface area contributed by atoms with Gasteiger partial charge in [0, 0.05) is 0 Å². The van der Waals surface area contributed by atoms with Crippen LogP contribution < -0.4 is 0 Å². The summed E-state index contributed by atoms with van der Waals surface area (Å²) in [4.78, 5) is 38.3. The minimum absolute atomic E-state index is 0.279. The SMILES string of the molecule is O=C(OC[C@H]1O[C@H](O)[C@H](I)[C@@H](OC(=O)c2ccccc2)[C@@H]1OC(=O)c1ccccc1)c1ccccc1. The zero-order chi connectivity index (χ0) is 25.5. The molecule has 186 valence electrons. The lowest BCUT2D eigenvalue weighted by molar-refractivity contribution is -0.231. The summed E-state index contributed by atoms with van der Waals surface area (Å²) in [6, 6.07) is 25.0. The lowest BCUT2D eigenvalue weighted by Gasteiger charge is -2.41. The van der Waals surface area contributed by atoms with Crippen molar-refractivity contribution in [3.8, 4) is 0 Å². The molecule has 4 rings (SSSR count). The minimum Gasteiger partial charge on any atom is -0.459 e. The van der Waals surface area contributed by atoms with Crippen LogP contribution in [-0.4, -0.2) is 58.1 Å². The maximum absolute atomic E-state index is 12.9. The number of esters is 3. The Labute approximate surface area is 221 Å². The van der Waals surface area contributed by atoms with Crippen molar-refractivity contribution in [3.63, 3.8) is 0 Å². The maximum Gasteiger partial charge on any atom is 0.338 e. The Bertz CT molecular complexity index is 1170. The van der Waals surface area contributed by atoms with Crippen molar-refractivity contribution in [1.29, 1.82) is 0 Å². The molecule has 0 aromatic heterocycles. The van der Waals surface area contributed by atoms with E-state index in [9.17, 15) is 19.5 Å². The van der Waals surface area contributed by atoms with Crippen molar-refractivity contribution in [1.82, 2.24) is 0 Å². The van der Waals surface area contributed by atoms with Crippen LogP contribution in [0.1, 0.15) is 31.1 Å². The Morgan fingerprint density at radius 1 is 0.694 bits per heavy atom. The largest absolute Gasteiger partial charge is 0.459 e. The zero-order valence-electron chi connectivity index (χ0n) is 18.9. The van der Waals surface area contributed by atoms with E-state index >= 15 is 0 Å². The zero-order valence-corrected chi connectivity index (χ0v) is 21.1. The van der Waals surface area contributed by atoms with Crippen LogP contribution in [0.25, 0.3) is 0 Å². The van der Waals surface area contributed by atoms with Crippen LogP contribution in [0.4, 0.5) is 0 Å². The van der Waals surface area contributed by atoms with Gasteiger partial charge in [-0.15, -0.1) is 0 Å². The molecule has 1 N–H and O–H groups in total. The molecule has 1 fully saturated rings. The van der Waals surface area contributed by atoms with Gasteiger partial charge in [-0.05, 0) is 36.4 Å². The molecule has 9 heteroatoms. The molecule has 0 radical (unpaired) electrons. The number of rotatable bonds is 7. The fraction of sp³-hybridized carbons (Fsp3) is 0.222. The molecule has 1 saturated heterocycles. The van der Waals surface area contributed by atoms with Crippen molar-refractivity contribution in [2.75, 3.05) is 6.61 Å². The number of hydrogen-bond acceptors (Lipinski definition) is 8. The van der Waals surface area contributed by atoms with E-state index in [-0.39, 0.29) is 12.2 Å². The quantitative estimate of drug-likeness (QED) is 0.188. The highest BCUT2D eigenvalue weighted by atomic mass is 127. The highest BCUT2D eigenvalue weighted by Crippen LogP contribution is 2.31. The maximum atomic E-state index is 12.9. The Morgan fingerprint density at radius 2 is 1.11 bits per heavy atom. The topological polar surface area (TPSA) is 108 Å². The average Bonchev–Trinajstić information content (AvgIpc) is 2.92. The van der Waals surface area contributed by atoms with E-state index < -0.39 is 46.4 Å². The number of benzene rings is 3. The summed E-state index contributed by atoms with van der Waals surface area (Å²) in [5, 5.41) is 10.6. The highest BCUT2D eigenvalue weighted by molar-refractivity contribution is 14.1. The van der Waals surface area contributed by atoms with E-state index in [1.54, 1.807) is 91.0 Å². The van der Waals surface area contributed by atoms with E-state index in [1.807, 2.05) is 22.6 Å². The van der Waals surface area contributed by atoms with Crippen LogP contribution in [-0.2, 0) is 18.9 Å². The van der Waals surface area contributed by atoms with Gasteiger partial charge < -0.3 is 24.1 Å². The fourth-order valence-corrected chi connectivity index (χ4v) is 4.37. The monoisotopic (exact) mass is 602 g/mol. The molecule has 1 heterocycles. The summed E-state index contributed by atoms with van der Waals surface area (Å²) in [7, 11) is 0. The van der Waals surface area contributed by atoms with Gasteiger partial charge in [-0.3, -0.25) is 0 Å². The second-order valence-corrected chi connectivity index (χ2v) is 9.38. The van der Waals surface area contributed by atoms with Gasteiger partial charge in [-0.1, -0.05) is 77.2 Å². The lowest BCUT2D eigenvalue weighted by atomic mass is 10.0. The number of aliphatic hydroxyl groups is 1. The average molecular weight is 602 g/mol. The molecule has 0 amide bonds. The van der Waals surface area contributed by atoms with Gasteiger partial charge in [-0.25, -0.2) is 14.4 Å². The number of halogens is 1. The van der Waals surface area contributed by atoms with Gasteiger partial charge in [0.25, 0.3) is 0 Å². The molecule has 0 aliphatic carbocycles. The third-order valence-corrected chi connectivity index (χ3v) is 6.81. The van der Waals surface area contributed by atoms with E-state index in [0.29, 0.717) is 11.1 Å². The predicted molar refractivity (Wildman–Crippen MR) is 137 cm³/mol. The molecular weight excluding hydrogens is 579 g/mol. The fourth-order valence-electron chi connectivity index (χ4n) is 3.64. The first kappa shape index (κ1) is 25.8. The van der Waals surface area contributed by atoms with Gasteiger partial charge in [0.1, 0.15) is 16.6 Å². The third-order valence-electron chi connectivity index (χ3n) is 5.48. The molecular formula is C27H23IO8. The van der Waals surface area contributed by atoms with Crippen LogP contribution in [0.2, 0.25) is 0 Å². The Balaban J connectivity index is 1.57. The molecule has 0 unspecified atom stereocenters. The van der Waals surface area contributed by atoms with E-state index in [1.165, 1.54) is 0 Å². The van der Waals surface area contributed by atoms with Crippen molar-refractivity contribution >= 4 is 40.5 Å². The number of hydrogen-bond donors (Lipinski definition) is 1. The number of alkyl halides is 1. The van der Waals surface area contributed by atoms with Crippen molar-refractivity contribution in [2.24, 2.45) is 0 Å². The van der Waals surface area contributed by atoms with Gasteiger partial charge in [0.15, 0.2) is 18.5 Å². The second kappa shape index (κ2) is 12.1. The molecule has 1 aliphatic heterocycles. The Morgan fingerprint density at radius 3 is 1.58 bits per heavy atom. The number of carbonyl (C=O) groups excluding carboxylic acids is 3. The van der Waals surface area contributed by atoms with E-state index in [4.69, 9.17) is 18.9 Å². The first-order valence-corrected chi connectivity index (χ1v) is 12.4. The molecule has 0 saturated carbocycles. The van der Waals surface area contributed by atoms with Crippen molar-refractivity contribution in [2.45, 2.75) is 28.5 Å². The summed E-state index contributed by atoms with van der Waals surface area (Å²) in [6.45, 7) is -0.347. The number of carbonyl (C=O) groups is 3. The van der Waals surface area contributed by atoms with Crippen LogP contribution >= 0.6 is 22.6 Å². The molecule has 8 nitrogen and oxygen atoms in total. The van der Waals surface area contributed by atoms with Crippen molar-refractivity contribution < 1.29 is 38.4 Å². The summed E-state index contributed by atoms with van der Waals surface area (Å²) in [5.74, 6) is -1.95.